The first-order valence-corrected chi connectivity index (χ1v) is 12.5. The number of anilines is 3. The predicted molar refractivity (Wildman–Crippen MR) is 130 cm³/mol. The van der Waals surface area contributed by atoms with Crippen LogP contribution in [0.2, 0.25) is 0 Å². The standard InChI is InChI=1S/C24H26FN5O4S/c1-17-15-22(27-20-7-5-19(25)6-8-20)28-24(26-17)29-11-13-30(14-12-29)35(32,33)21-9-3-18(4-10-21)16-23(31)34-2/h3-10,15H,11-14,16H2,1-2H3,(H,26,27,28). The van der Waals surface area contributed by atoms with Crippen LogP contribution >= 0.6 is 0 Å². The monoisotopic (exact) mass is 499 g/mol. The van der Waals surface area contributed by atoms with E-state index in [9.17, 15) is 17.6 Å². The van der Waals surface area contributed by atoms with Gasteiger partial charge in [-0.1, -0.05) is 12.1 Å². The molecule has 2 heterocycles. The second-order valence-electron chi connectivity index (χ2n) is 8.11. The smallest absolute Gasteiger partial charge is 0.309 e. The summed E-state index contributed by atoms with van der Waals surface area (Å²) in [6.07, 6.45) is 0.0873. The van der Waals surface area contributed by atoms with Gasteiger partial charge in [-0.25, -0.2) is 17.8 Å². The summed E-state index contributed by atoms with van der Waals surface area (Å²) >= 11 is 0. The molecule has 2 aromatic carbocycles. The Morgan fingerprint density at radius 3 is 2.31 bits per heavy atom. The van der Waals surface area contributed by atoms with Gasteiger partial charge in [0.05, 0.1) is 18.4 Å². The lowest BCUT2D eigenvalue weighted by molar-refractivity contribution is -0.139. The maximum Gasteiger partial charge on any atom is 0.309 e. The fourth-order valence-electron chi connectivity index (χ4n) is 3.74. The summed E-state index contributed by atoms with van der Waals surface area (Å²) in [4.78, 5) is 22.6. The number of benzene rings is 2. The molecule has 1 N–H and O–H groups in total. The van der Waals surface area contributed by atoms with E-state index in [0.29, 0.717) is 36.1 Å². The summed E-state index contributed by atoms with van der Waals surface area (Å²) in [5, 5.41) is 3.15. The lowest BCUT2D eigenvalue weighted by Gasteiger charge is -2.34. The van der Waals surface area contributed by atoms with Gasteiger partial charge in [-0.15, -0.1) is 0 Å². The number of ether oxygens (including phenoxy) is 1. The summed E-state index contributed by atoms with van der Waals surface area (Å²) in [7, 11) is -2.36. The summed E-state index contributed by atoms with van der Waals surface area (Å²) in [5.74, 6) is 0.367. The van der Waals surface area contributed by atoms with Gasteiger partial charge in [0.1, 0.15) is 11.6 Å². The molecule has 0 spiro atoms. The number of aryl methyl sites for hydroxylation is 1. The fraction of sp³-hybridized carbons (Fsp3) is 0.292. The Hall–Kier alpha value is -3.57. The van der Waals surface area contributed by atoms with E-state index in [1.807, 2.05) is 11.8 Å². The van der Waals surface area contributed by atoms with Gasteiger partial charge in [-0.2, -0.15) is 9.29 Å². The molecule has 1 aliphatic heterocycles. The largest absolute Gasteiger partial charge is 0.469 e. The van der Waals surface area contributed by atoms with E-state index < -0.39 is 10.0 Å². The molecule has 35 heavy (non-hydrogen) atoms. The van der Waals surface area contributed by atoms with Gasteiger partial charge < -0.3 is 15.0 Å². The van der Waals surface area contributed by atoms with Crippen LogP contribution in [0.4, 0.5) is 21.8 Å². The van der Waals surface area contributed by atoms with Gasteiger partial charge in [0.2, 0.25) is 16.0 Å². The number of sulfonamides is 1. The molecule has 4 rings (SSSR count). The quantitative estimate of drug-likeness (QED) is 0.495. The molecule has 0 amide bonds. The summed E-state index contributed by atoms with van der Waals surface area (Å²) < 4.78 is 45.5. The topological polar surface area (TPSA) is 105 Å². The van der Waals surface area contributed by atoms with Crippen LogP contribution in [0.15, 0.2) is 59.5 Å². The Labute approximate surface area is 203 Å². The van der Waals surface area contributed by atoms with Crippen LogP contribution in [0.25, 0.3) is 0 Å². The van der Waals surface area contributed by atoms with Crippen LogP contribution < -0.4 is 10.2 Å². The van der Waals surface area contributed by atoms with E-state index in [-0.39, 0.29) is 36.2 Å². The number of methoxy groups -OCH3 is 1. The van der Waals surface area contributed by atoms with Gasteiger partial charge >= 0.3 is 5.97 Å². The maximum atomic E-state index is 13.2. The van der Waals surface area contributed by atoms with E-state index in [1.54, 1.807) is 30.3 Å². The Morgan fingerprint density at radius 2 is 1.69 bits per heavy atom. The van der Waals surface area contributed by atoms with Crippen molar-refractivity contribution in [2.75, 3.05) is 43.5 Å². The van der Waals surface area contributed by atoms with Crippen LogP contribution in [0.1, 0.15) is 11.3 Å². The lowest BCUT2D eigenvalue weighted by atomic mass is 10.2. The van der Waals surface area contributed by atoms with E-state index in [4.69, 9.17) is 0 Å². The van der Waals surface area contributed by atoms with Gasteiger partial charge in [0, 0.05) is 43.6 Å². The Bertz CT molecular complexity index is 1290. The molecule has 0 bridgehead atoms. The molecular weight excluding hydrogens is 473 g/mol. The van der Waals surface area contributed by atoms with Crippen LogP contribution in [0, 0.1) is 12.7 Å². The molecule has 1 saturated heterocycles. The molecule has 11 heteroatoms. The van der Waals surface area contributed by atoms with Crippen LogP contribution in [0.3, 0.4) is 0 Å². The summed E-state index contributed by atoms with van der Waals surface area (Å²) in [6.45, 7) is 3.28. The zero-order valence-corrected chi connectivity index (χ0v) is 20.3. The van der Waals surface area contributed by atoms with Crippen molar-refractivity contribution in [3.8, 4) is 0 Å². The van der Waals surface area contributed by atoms with Crippen molar-refractivity contribution in [3.05, 3.63) is 71.7 Å². The van der Waals surface area contributed by atoms with Crippen molar-refractivity contribution < 1.29 is 22.3 Å². The zero-order valence-electron chi connectivity index (χ0n) is 19.4. The number of carbonyl (C=O) groups excluding carboxylic acids is 1. The van der Waals surface area contributed by atoms with Crippen molar-refractivity contribution in [1.29, 1.82) is 0 Å². The SMILES string of the molecule is COC(=O)Cc1ccc(S(=O)(=O)N2CCN(c3nc(C)cc(Nc4ccc(F)cc4)n3)CC2)cc1. The molecular formula is C24H26FN5O4S. The van der Waals surface area contributed by atoms with E-state index >= 15 is 0 Å². The molecule has 1 aromatic heterocycles. The first kappa shape index (κ1) is 24.6. The van der Waals surface area contributed by atoms with E-state index in [0.717, 1.165) is 5.69 Å². The molecule has 0 unspecified atom stereocenters. The Morgan fingerprint density at radius 1 is 1.03 bits per heavy atom. The first-order chi connectivity index (χ1) is 16.7. The number of nitrogens with one attached hydrogen (secondary N) is 1. The third-order valence-corrected chi connectivity index (χ3v) is 7.53. The highest BCUT2D eigenvalue weighted by molar-refractivity contribution is 7.89. The number of halogens is 1. The maximum absolute atomic E-state index is 13.2. The molecule has 0 aliphatic carbocycles. The highest BCUT2D eigenvalue weighted by Gasteiger charge is 2.29. The van der Waals surface area contributed by atoms with Gasteiger partial charge in [-0.3, -0.25) is 4.79 Å². The lowest BCUT2D eigenvalue weighted by Crippen LogP contribution is -2.49. The van der Waals surface area contributed by atoms with Crippen molar-refractivity contribution in [2.45, 2.75) is 18.2 Å². The number of aromatic nitrogens is 2. The molecule has 184 valence electrons. The van der Waals surface area contributed by atoms with Gasteiger partial charge in [-0.05, 0) is 48.9 Å². The average Bonchev–Trinajstić information content (AvgIpc) is 2.85. The number of hydrogen-bond acceptors (Lipinski definition) is 8. The van der Waals surface area contributed by atoms with E-state index in [1.165, 1.54) is 35.7 Å². The van der Waals surface area contributed by atoms with Gasteiger partial charge in [0.15, 0.2) is 0 Å². The normalized spacial score (nSPS) is 14.5. The number of nitrogens with zero attached hydrogens (tertiary/aromatic N) is 4. The van der Waals surface area contributed by atoms with E-state index in [2.05, 4.69) is 20.0 Å². The predicted octanol–water partition coefficient (Wildman–Crippen LogP) is 2.89. The van der Waals surface area contributed by atoms with Crippen LogP contribution in [-0.4, -0.2) is 61.9 Å². The Kier molecular flexibility index (Phi) is 7.27. The second kappa shape index (κ2) is 10.4. The molecule has 1 fully saturated rings. The number of piperazine rings is 1. The van der Waals surface area contributed by atoms with Gasteiger partial charge in [0.25, 0.3) is 0 Å². The number of hydrogen-bond donors (Lipinski definition) is 1. The summed E-state index contributed by atoms with van der Waals surface area (Å²) in [6, 6.07) is 14.0. The second-order valence-corrected chi connectivity index (χ2v) is 10.1. The van der Waals surface area contributed by atoms with Crippen molar-refractivity contribution in [1.82, 2.24) is 14.3 Å². The molecule has 1 aliphatic rings. The van der Waals surface area contributed by atoms with Crippen molar-refractivity contribution in [2.24, 2.45) is 0 Å². The fourth-order valence-corrected chi connectivity index (χ4v) is 5.16. The molecule has 0 saturated carbocycles. The minimum atomic E-state index is -3.67. The van der Waals surface area contributed by atoms with Crippen LogP contribution in [-0.2, 0) is 26.0 Å². The number of esters is 1. The van der Waals surface area contributed by atoms with Crippen molar-refractivity contribution >= 4 is 33.4 Å². The third-order valence-electron chi connectivity index (χ3n) is 5.62. The first-order valence-electron chi connectivity index (χ1n) is 11.0. The Balaban J connectivity index is 1.42. The molecule has 0 radical (unpaired) electrons. The van der Waals surface area contributed by atoms with Crippen LogP contribution in [0.5, 0.6) is 0 Å². The third kappa shape index (κ3) is 5.92. The highest BCUT2D eigenvalue weighted by atomic mass is 32.2. The zero-order chi connectivity index (χ0) is 25.0. The number of carbonyl (C=O) groups is 1. The highest BCUT2D eigenvalue weighted by Crippen LogP contribution is 2.22. The number of rotatable bonds is 7. The molecule has 0 atom stereocenters. The van der Waals surface area contributed by atoms with Crippen molar-refractivity contribution in [3.63, 3.8) is 0 Å². The minimum absolute atomic E-state index is 0.0873. The molecule has 9 nitrogen and oxygen atoms in total. The average molecular weight is 500 g/mol. The summed E-state index contributed by atoms with van der Waals surface area (Å²) in [5.41, 5.74) is 2.13. The minimum Gasteiger partial charge on any atom is -0.469 e. The molecule has 3 aromatic rings.